The minimum Gasteiger partial charge on any atom is -0.340 e. The van der Waals surface area contributed by atoms with Crippen molar-refractivity contribution in [2.45, 2.75) is 78.6 Å². The summed E-state index contributed by atoms with van der Waals surface area (Å²) in [4.78, 5) is 25.8. The van der Waals surface area contributed by atoms with Crippen LogP contribution in [0.5, 0.6) is 0 Å². The number of aromatic nitrogens is 2. The van der Waals surface area contributed by atoms with Gasteiger partial charge in [0.15, 0.2) is 5.96 Å². The lowest BCUT2D eigenvalue weighted by Crippen LogP contribution is -2.59. The second-order valence-electron chi connectivity index (χ2n) is 13.2. The number of rotatable bonds is 5. The molecule has 1 aromatic heterocycles. The van der Waals surface area contributed by atoms with Crippen LogP contribution in [0.15, 0.2) is 64.6 Å². The van der Waals surface area contributed by atoms with Gasteiger partial charge >= 0.3 is 0 Å². The van der Waals surface area contributed by atoms with E-state index in [1.54, 1.807) is 10.9 Å². The standard InChI is InChI=1S/C33H44N6O/c1-21-18-39(19-22(2)35-21)32(37-29-16-25-15-28(23(29)3)33(25,4)5)36-26-11-12-27-30(17-26)34-20-38(31(27)40)14-13-24-9-7-6-8-10-24/h6-12,17,20-23,25,28-29,35H,13-16,18-19H2,1-5H3,(H,36,37)/t21-,22+,23-,25-,28-,29+/m1/s1. The topological polar surface area (TPSA) is 74.5 Å². The summed E-state index contributed by atoms with van der Waals surface area (Å²) >= 11 is 0. The molecule has 0 radical (unpaired) electrons. The Hall–Kier alpha value is -3.19. The fourth-order valence-corrected chi connectivity index (χ4v) is 7.56. The Morgan fingerprint density at radius 2 is 1.82 bits per heavy atom. The molecule has 7 rings (SSSR count). The van der Waals surface area contributed by atoms with Crippen LogP contribution in [0, 0.1) is 23.2 Å². The average molecular weight is 541 g/mol. The smallest absolute Gasteiger partial charge is 0.261 e. The van der Waals surface area contributed by atoms with E-state index in [9.17, 15) is 4.79 Å². The molecule has 1 saturated heterocycles. The lowest BCUT2D eigenvalue weighted by Gasteiger charge is -2.61. The average Bonchev–Trinajstić information content (AvgIpc) is 2.93. The molecule has 7 nitrogen and oxygen atoms in total. The molecule has 2 N–H and O–H groups in total. The van der Waals surface area contributed by atoms with Gasteiger partial charge in [-0.25, -0.2) is 9.98 Å². The first-order chi connectivity index (χ1) is 19.2. The first-order valence-electron chi connectivity index (χ1n) is 15.1. The van der Waals surface area contributed by atoms with Gasteiger partial charge in [-0.15, -0.1) is 0 Å². The van der Waals surface area contributed by atoms with Crippen LogP contribution >= 0.6 is 0 Å². The molecule has 0 spiro atoms. The van der Waals surface area contributed by atoms with Crippen molar-refractivity contribution in [3.05, 3.63) is 70.8 Å². The summed E-state index contributed by atoms with van der Waals surface area (Å²) in [7, 11) is 0. The van der Waals surface area contributed by atoms with E-state index < -0.39 is 0 Å². The maximum atomic E-state index is 13.3. The van der Waals surface area contributed by atoms with Gasteiger partial charge in [-0.3, -0.25) is 9.36 Å². The van der Waals surface area contributed by atoms with Crippen LogP contribution in [-0.4, -0.2) is 51.6 Å². The Kier molecular flexibility index (Phi) is 7.19. The van der Waals surface area contributed by atoms with Gasteiger partial charge in [0.25, 0.3) is 5.56 Å². The zero-order valence-corrected chi connectivity index (χ0v) is 24.6. The van der Waals surface area contributed by atoms with Crippen molar-refractivity contribution in [1.29, 1.82) is 0 Å². The number of guanidine groups is 1. The molecular formula is C33H44N6O. The molecule has 3 saturated carbocycles. The molecule has 3 aliphatic carbocycles. The maximum absolute atomic E-state index is 13.3. The van der Waals surface area contributed by atoms with Gasteiger partial charge in [-0.2, -0.15) is 0 Å². The van der Waals surface area contributed by atoms with E-state index in [1.165, 1.54) is 12.0 Å². The SMILES string of the molecule is C[C@H]1[C@@H](N=C(Nc2ccc3c(=O)n(CCc4ccccc4)cnc3c2)N2C[C@@H](C)N[C@@H](C)C2)C[C@H]2C[C@H]1C2(C)C. The third-order valence-electron chi connectivity index (χ3n) is 10.0. The molecule has 2 bridgehead atoms. The number of benzene rings is 2. The Morgan fingerprint density at radius 1 is 1.07 bits per heavy atom. The van der Waals surface area contributed by atoms with E-state index >= 15 is 0 Å². The molecule has 2 heterocycles. The second-order valence-corrected chi connectivity index (χ2v) is 13.2. The molecule has 3 aromatic rings. The third-order valence-corrected chi connectivity index (χ3v) is 10.0. The molecular weight excluding hydrogens is 496 g/mol. The summed E-state index contributed by atoms with van der Waals surface area (Å²) in [5.41, 5.74) is 3.29. The summed E-state index contributed by atoms with van der Waals surface area (Å²) < 4.78 is 1.72. The predicted molar refractivity (Wildman–Crippen MR) is 164 cm³/mol. The molecule has 6 atom stereocenters. The highest BCUT2D eigenvalue weighted by molar-refractivity contribution is 5.96. The highest BCUT2D eigenvalue weighted by Crippen LogP contribution is 2.61. The Balaban J connectivity index is 1.25. The van der Waals surface area contributed by atoms with Crippen molar-refractivity contribution in [2.24, 2.45) is 28.2 Å². The van der Waals surface area contributed by atoms with Crippen LogP contribution in [-0.2, 0) is 13.0 Å². The van der Waals surface area contributed by atoms with E-state index in [-0.39, 0.29) is 5.56 Å². The zero-order valence-electron chi connectivity index (χ0n) is 24.6. The molecule has 7 heteroatoms. The summed E-state index contributed by atoms with van der Waals surface area (Å²) in [5, 5.41) is 7.98. The van der Waals surface area contributed by atoms with E-state index in [0.29, 0.717) is 46.9 Å². The van der Waals surface area contributed by atoms with Crippen molar-refractivity contribution in [3.63, 3.8) is 0 Å². The Bertz CT molecular complexity index is 1440. The lowest BCUT2D eigenvalue weighted by molar-refractivity contribution is -0.108. The van der Waals surface area contributed by atoms with Gasteiger partial charge in [0, 0.05) is 37.4 Å². The number of piperazine rings is 1. The highest BCUT2D eigenvalue weighted by Gasteiger charge is 2.56. The minimum absolute atomic E-state index is 0.00370. The van der Waals surface area contributed by atoms with E-state index in [1.807, 2.05) is 36.4 Å². The van der Waals surface area contributed by atoms with Crippen molar-refractivity contribution < 1.29 is 0 Å². The van der Waals surface area contributed by atoms with Gasteiger partial charge in [-0.05, 0) is 80.0 Å². The normalized spacial score (nSPS) is 29.7. The van der Waals surface area contributed by atoms with E-state index in [2.05, 4.69) is 67.3 Å². The van der Waals surface area contributed by atoms with Gasteiger partial charge in [0.1, 0.15) is 0 Å². The van der Waals surface area contributed by atoms with E-state index in [0.717, 1.165) is 49.4 Å². The fourth-order valence-electron chi connectivity index (χ4n) is 7.56. The summed E-state index contributed by atoms with van der Waals surface area (Å²) in [5.74, 6) is 3.03. The largest absolute Gasteiger partial charge is 0.340 e. The number of hydrogen-bond donors (Lipinski definition) is 2. The molecule has 2 aromatic carbocycles. The first kappa shape index (κ1) is 27.0. The van der Waals surface area contributed by atoms with Crippen LogP contribution in [0.3, 0.4) is 0 Å². The van der Waals surface area contributed by atoms with Crippen LogP contribution in [0.2, 0.25) is 0 Å². The van der Waals surface area contributed by atoms with Gasteiger partial charge in [0.05, 0.1) is 23.3 Å². The van der Waals surface area contributed by atoms with Gasteiger partial charge < -0.3 is 15.5 Å². The summed E-state index contributed by atoms with van der Waals surface area (Å²) in [6.45, 7) is 14.2. The van der Waals surface area contributed by atoms with Crippen molar-refractivity contribution in [1.82, 2.24) is 19.8 Å². The van der Waals surface area contributed by atoms with Gasteiger partial charge in [0.2, 0.25) is 0 Å². The summed E-state index contributed by atoms with van der Waals surface area (Å²) in [6.07, 6.45) is 5.00. The van der Waals surface area contributed by atoms with E-state index in [4.69, 9.17) is 4.99 Å². The number of hydrogen-bond acceptors (Lipinski definition) is 4. The quantitative estimate of drug-likeness (QED) is 0.345. The molecule has 0 amide bonds. The number of nitrogens with one attached hydrogen (secondary N) is 2. The number of aryl methyl sites for hydroxylation is 2. The second kappa shape index (κ2) is 10.7. The first-order valence-corrected chi connectivity index (χ1v) is 15.1. The monoisotopic (exact) mass is 540 g/mol. The fraction of sp³-hybridized carbons (Fsp3) is 0.545. The number of fused-ring (bicyclic) bond motifs is 3. The minimum atomic E-state index is 0.00370. The summed E-state index contributed by atoms with van der Waals surface area (Å²) in [6, 6.07) is 17.3. The van der Waals surface area contributed by atoms with Crippen LogP contribution < -0.4 is 16.2 Å². The van der Waals surface area contributed by atoms with Crippen LogP contribution in [0.25, 0.3) is 10.9 Å². The van der Waals surface area contributed by atoms with Crippen LogP contribution in [0.1, 0.15) is 53.0 Å². The molecule has 4 fully saturated rings. The van der Waals surface area contributed by atoms with Crippen LogP contribution in [0.4, 0.5) is 5.69 Å². The predicted octanol–water partition coefficient (Wildman–Crippen LogP) is 5.16. The lowest BCUT2D eigenvalue weighted by atomic mass is 9.45. The van der Waals surface area contributed by atoms with Gasteiger partial charge in [-0.1, -0.05) is 51.1 Å². The van der Waals surface area contributed by atoms with Crippen molar-refractivity contribution in [3.8, 4) is 0 Å². The van der Waals surface area contributed by atoms with Crippen molar-refractivity contribution in [2.75, 3.05) is 18.4 Å². The molecule has 212 valence electrons. The Morgan fingerprint density at radius 3 is 2.52 bits per heavy atom. The molecule has 0 unspecified atom stereocenters. The highest BCUT2D eigenvalue weighted by atomic mass is 16.1. The third kappa shape index (κ3) is 5.16. The molecule has 4 aliphatic rings. The molecule has 40 heavy (non-hydrogen) atoms. The number of anilines is 1. The zero-order chi connectivity index (χ0) is 28.0. The maximum Gasteiger partial charge on any atom is 0.261 e. The number of aliphatic imine (C=N–C) groups is 1. The molecule has 1 aliphatic heterocycles. The van der Waals surface area contributed by atoms with Crippen molar-refractivity contribution >= 4 is 22.5 Å². The number of nitrogens with zero attached hydrogens (tertiary/aromatic N) is 4. The Labute approximate surface area is 238 Å².